The Bertz CT molecular complexity index is 720. The van der Waals surface area contributed by atoms with Crippen molar-refractivity contribution >= 4 is 5.91 Å². The molecule has 0 rings (SSSR count). The van der Waals surface area contributed by atoms with Gasteiger partial charge in [0.1, 0.15) is 0 Å². The Labute approximate surface area is 313 Å². The summed E-state index contributed by atoms with van der Waals surface area (Å²) in [7, 11) is 0. The number of hydrogen-bond donors (Lipinski definition) is 3. The van der Waals surface area contributed by atoms with Crippen LogP contribution in [0.4, 0.5) is 0 Å². The molecule has 0 aliphatic heterocycles. The van der Waals surface area contributed by atoms with E-state index in [9.17, 15) is 15.0 Å². The maximum absolute atomic E-state index is 12.4. The largest absolute Gasteiger partial charge is 0.394 e. The number of aliphatic hydroxyl groups is 2. The molecular weight excluding hydrogens is 615 g/mol. The molecule has 0 aliphatic carbocycles. The van der Waals surface area contributed by atoms with E-state index in [1.165, 1.54) is 193 Å². The van der Waals surface area contributed by atoms with Crippen molar-refractivity contribution < 1.29 is 15.0 Å². The van der Waals surface area contributed by atoms with E-state index in [0.29, 0.717) is 6.42 Å². The number of nitrogens with one attached hydrogen (secondary N) is 1. The second kappa shape index (κ2) is 42.3. The van der Waals surface area contributed by atoms with E-state index >= 15 is 0 Å². The van der Waals surface area contributed by atoms with Gasteiger partial charge in [0.15, 0.2) is 0 Å². The first-order valence-electron chi connectivity index (χ1n) is 22.6. The lowest BCUT2D eigenvalue weighted by atomic mass is 10.0. The van der Waals surface area contributed by atoms with E-state index in [0.717, 1.165) is 32.1 Å². The van der Waals surface area contributed by atoms with Crippen LogP contribution in [0.1, 0.15) is 245 Å². The maximum Gasteiger partial charge on any atom is 0.220 e. The van der Waals surface area contributed by atoms with Gasteiger partial charge in [-0.3, -0.25) is 4.79 Å². The molecular formula is C46H89NO3. The highest BCUT2D eigenvalue weighted by Crippen LogP contribution is 2.16. The second-order valence-electron chi connectivity index (χ2n) is 15.5. The van der Waals surface area contributed by atoms with Gasteiger partial charge in [0, 0.05) is 6.42 Å². The topological polar surface area (TPSA) is 69.6 Å². The van der Waals surface area contributed by atoms with Crippen LogP contribution in [0, 0.1) is 0 Å². The predicted molar refractivity (Wildman–Crippen MR) is 221 cm³/mol. The van der Waals surface area contributed by atoms with Crippen molar-refractivity contribution in [3.63, 3.8) is 0 Å². The zero-order valence-corrected chi connectivity index (χ0v) is 33.9. The fraction of sp³-hybridized carbons (Fsp3) is 0.891. The second-order valence-corrected chi connectivity index (χ2v) is 15.5. The van der Waals surface area contributed by atoms with Gasteiger partial charge in [0.2, 0.25) is 5.91 Å². The molecule has 2 atom stereocenters. The Morgan fingerprint density at radius 3 is 1.16 bits per heavy atom. The van der Waals surface area contributed by atoms with Gasteiger partial charge < -0.3 is 15.5 Å². The molecule has 0 bridgehead atoms. The molecule has 2 unspecified atom stereocenters. The standard InChI is InChI=1S/C46H89NO3/c1-3-5-7-9-11-13-15-17-19-20-21-22-23-24-25-26-28-30-32-34-36-38-40-42-46(50)47-44(43-48)45(49)41-39-37-35-33-31-29-27-18-16-14-12-10-8-6-4-2/h31,33,39,41,44-45,48-49H,3-30,32,34-38,40,42-43H2,1-2H3,(H,47,50)/b33-31+,41-39+. The first-order chi connectivity index (χ1) is 24.7. The van der Waals surface area contributed by atoms with E-state index in [2.05, 4.69) is 31.3 Å². The molecule has 4 heteroatoms. The van der Waals surface area contributed by atoms with Crippen LogP contribution in [0.15, 0.2) is 24.3 Å². The Hall–Kier alpha value is -1.13. The molecule has 296 valence electrons. The number of rotatable bonds is 41. The SMILES string of the molecule is CCCCCCCCCCC/C=C/CC/C=C/C(O)C(CO)NC(=O)CCCCCCCCCCCCCCCCCCCCCCCCC. The highest BCUT2D eigenvalue weighted by molar-refractivity contribution is 5.76. The first-order valence-corrected chi connectivity index (χ1v) is 22.6. The van der Waals surface area contributed by atoms with E-state index in [1.807, 2.05) is 6.08 Å². The van der Waals surface area contributed by atoms with Crippen molar-refractivity contribution in [3.05, 3.63) is 24.3 Å². The number of allylic oxidation sites excluding steroid dienone is 3. The summed E-state index contributed by atoms with van der Waals surface area (Å²) in [4.78, 5) is 12.4. The summed E-state index contributed by atoms with van der Waals surface area (Å²) in [6.45, 7) is 4.31. The molecule has 0 saturated heterocycles. The zero-order chi connectivity index (χ0) is 36.4. The number of amides is 1. The van der Waals surface area contributed by atoms with Gasteiger partial charge >= 0.3 is 0 Å². The Morgan fingerprint density at radius 2 is 0.780 bits per heavy atom. The molecule has 3 N–H and O–H groups in total. The molecule has 0 spiro atoms. The van der Waals surface area contributed by atoms with Crippen LogP contribution in [-0.4, -0.2) is 34.9 Å². The minimum atomic E-state index is -0.857. The van der Waals surface area contributed by atoms with Crippen molar-refractivity contribution in [2.24, 2.45) is 0 Å². The lowest BCUT2D eigenvalue weighted by Gasteiger charge is -2.19. The molecule has 0 saturated carbocycles. The van der Waals surface area contributed by atoms with Gasteiger partial charge in [0.05, 0.1) is 18.8 Å². The first kappa shape index (κ1) is 48.9. The molecule has 0 aromatic rings. The lowest BCUT2D eigenvalue weighted by Crippen LogP contribution is -2.45. The Morgan fingerprint density at radius 1 is 0.460 bits per heavy atom. The van der Waals surface area contributed by atoms with Crippen LogP contribution in [0.25, 0.3) is 0 Å². The van der Waals surface area contributed by atoms with Gasteiger partial charge in [0.25, 0.3) is 0 Å². The summed E-state index contributed by atoms with van der Waals surface area (Å²) in [6, 6.07) is -0.634. The zero-order valence-electron chi connectivity index (χ0n) is 33.9. The van der Waals surface area contributed by atoms with Crippen LogP contribution in [0.5, 0.6) is 0 Å². The molecule has 0 aliphatic rings. The smallest absolute Gasteiger partial charge is 0.220 e. The molecule has 4 nitrogen and oxygen atoms in total. The summed E-state index contributed by atoms with van der Waals surface area (Å²) in [6.07, 6.45) is 54.4. The quantitative estimate of drug-likeness (QED) is 0.0438. The molecule has 0 radical (unpaired) electrons. The van der Waals surface area contributed by atoms with Crippen molar-refractivity contribution in [1.82, 2.24) is 5.32 Å². The van der Waals surface area contributed by atoms with Gasteiger partial charge in [-0.1, -0.05) is 231 Å². The summed E-state index contributed by atoms with van der Waals surface area (Å²) in [5.74, 6) is -0.0700. The molecule has 50 heavy (non-hydrogen) atoms. The number of carbonyl (C=O) groups is 1. The Kier molecular flexibility index (Phi) is 41.3. The average Bonchev–Trinajstić information content (AvgIpc) is 3.12. The van der Waals surface area contributed by atoms with E-state index in [-0.39, 0.29) is 12.5 Å². The van der Waals surface area contributed by atoms with E-state index < -0.39 is 12.1 Å². The molecule has 0 fully saturated rings. The third kappa shape index (κ3) is 38.1. The molecule has 1 amide bonds. The predicted octanol–water partition coefficient (Wildman–Crippen LogP) is 14.0. The van der Waals surface area contributed by atoms with Crippen molar-refractivity contribution in [2.45, 2.75) is 257 Å². The third-order valence-electron chi connectivity index (χ3n) is 10.4. The van der Waals surface area contributed by atoms with Crippen molar-refractivity contribution in [2.75, 3.05) is 6.61 Å². The minimum absolute atomic E-state index is 0.0700. The summed E-state index contributed by atoms with van der Waals surface area (Å²) in [5, 5.41) is 23.0. The van der Waals surface area contributed by atoms with Gasteiger partial charge in [-0.2, -0.15) is 0 Å². The minimum Gasteiger partial charge on any atom is -0.394 e. The average molecular weight is 704 g/mol. The van der Waals surface area contributed by atoms with Gasteiger partial charge in [-0.25, -0.2) is 0 Å². The Balaban J connectivity index is 3.53. The van der Waals surface area contributed by atoms with Crippen LogP contribution in [0.2, 0.25) is 0 Å². The van der Waals surface area contributed by atoms with Crippen LogP contribution in [-0.2, 0) is 4.79 Å². The number of aliphatic hydroxyl groups excluding tert-OH is 2. The number of hydrogen-bond acceptors (Lipinski definition) is 3. The summed E-state index contributed by atoms with van der Waals surface area (Å²) < 4.78 is 0. The van der Waals surface area contributed by atoms with Gasteiger partial charge in [-0.05, 0) is 32.1 Å². The van der Waals surface area contributed by atoms with Crippen LogP contribution < -0.4 is 5.32 Å². The molecule has 0 aromatic heterocycles. The van der Waals surface area contributed by atoms with E-state index in [1.54, 1.807) is 6.08 Å². The lowest BCUT2D eigenvalue weighted by molar-refractivity contribution is -0.123. The van der Waals surface area contributed by atoms with Crippen molar-refractivity contribution in [3.8, 4) is 0 Å². The normalized spacial score (nSPS) is 13.1. The van der Waals surface area contributed by atoms with Crippen LogP contribution >= 0.6 is 0 Å². The maximum atomic E-state index is 12.4. The number of unbranched alkanes of at least 4 members (excludes halogenated alkanes) is 32. The highest BCUT2D eigenvalue weighted by atomic mass is 16.3. The number of carbonyl (C=O) groups excluding carboxylic acids is 1. The van der Waals surface area contributed by atoms with E-state index in [4.69, 9.17) is 0 Å². The summed E-state index contributed by atoms with van der Waals surface area (Å²) in [5.41, 5.74) is 0. The third-order valence-corrected chi connectivity index (χ3v) is 10.4. The highest BCUT2D eigenvalue weighted by Gasteiger charge is 2.17. The summed E-state index contributed by atoms with van der Waals surface area (Å²) >= 11 is 0. The van der Waals surface area contributed by atoms with Crippen LogP contribution in [0.3, 0.4) is 0 Å². The van der Waals surface area contributed by atoms with Crippen molar-refractivity contribution in [1.29, 1.82) is 0 Å². The molecule has 0 aromatic carbocycles. The van der Waals surface area contributed by atoms with Gasteiger partial charge in [-0.15, -0.1) is 0 Å². The fourth-order valence-corrected chi connectivity index (χ4v) is 6.96. The monoisotopic (exact) mass is 704 g/mol. The fourth-order valence-electron chi connectivity index (χ4n) is 6.96. The molecule has 0 heterocycles.